The maximum atomic E-state index is 4.47. The van der Waals surface area contributed by atoms with Crippen molar-refractivity contribution in [1.29, 1.82) is 0 Å². The summed E-state index contributed by atoms with van der Waals surface area (Å²) >= 11 is 0. The molecule has 3 nitrogen and oxygen atoms in total. The molecule has 0 saturated heterocycles. The Morgan fingerprint density at radius 1 is 1.21 bits per heavy atom. The highest BCUT2D eigenvalue weighted by molar-refractivity contribution is 5.38. The van der Waals surface area contributed by atoms with Crippen molar-refractivity contribution >= 4 is 5.82 Å². The summed E-state index contributed by atoms with van der Waals surface area (Å²) in [6, 6.07) is 15.1. The van der Waals surface area contributed by atoms with Crippen LogP contribution in [0.5, 0.6) is 0 Å². The Kier molecular flexibility index (Phi) is 3.47. The Bertz CT molecular complexity index is 565. The molecule has 1 unspecified atom stereocenters. The van der Waals surface area contributed by atoms with E-state index in [-0.39, 0.29) is 0 Å². The lowest BCUT2D eigenvalue weighted by Crippen LogP contribution is -2.34. The van der Waals surface area contributed by atoms with Gasteiger partial charge >= 0.3 is 0 Å². The predicted octanol–water partition coefficient (Wildman–Crippen LogP) is 2.69. The number of hydrogen-bond donors (Lipinski definition) is 2. The second-order valence-corrected chi connectivity index (χ2v) is 5.00. The van der Waals surface area contributed by atoms with E-state index < -0.39 is 0 Å². The van der Waals surface area contributed by atoms with Gasteiger partial charge in [-0.05, 0) is 43.1 Å². The fourth-order valence-electron chi connectivity index (χ4n) is 2.62. The lowest BCUT2D eigenvalue weighted by molar-refractivity contribution is 0.523. The first-order chi connectivity index (χ1) is 9.33. The van der Waals surface area contributed by atoms with E-state index in [9.17, 15) is 0 Å². The van der Waals surface area contributed by atoms with Gasteiger partial charge in [-0.1, -0.05) is 30.3 Å². The molecular formula is C16H19N3. The van der Waals surface area contributed by atoms with Gasteiger partial charge < -0.3 is 10.6 Å². The summed E-state index contributed by atoms with van der Waals surface area (Å²) in [6.45, 7) is 3.93. The summed E-state index contributed by atoms with van der Waals surface area (Å²) in [6.07, 6.45) is 1.12. The molecular weight excluding hydrogens is 234 g/mol. The maximum Gasteiger partial charge on any atom is 0.126 e. The van der Waals surface area contributed by atoms with Crippen LogP contribution in [0.25, 0.3) is 0 Å². The van der Waals surface area contributed by atoms with Crippen molar-refractivity contribution in [2.75, 3.05) is 18.4 Å². The summed E-state index contributed by atoms with van der Waals surface area (Å²) in [5.74, 6) is 0.949. The van der Waals surface area contributed by atoms with E-state index >= 15 is 0 Å². The molecule has 0 amide bonds. The number of pyridine rings is 1. The normalized spacial score (nSPS) is 17.8. The highest BCUT2D eigenvalue weighted by atomic mass is 15.0. The molecule has 0 spiro atoms. The predicted molar refractivity (Wildman–Crippen MR) is 78.4 cm³/mol. The largest absolute Gasteiger partial charge is 0.368 e. The molecule has 1 atom stereocenters. The van der Waals surface area contributed by atoms with E-state index in [0.717, 1.165) is 31.0 Å². The molecule has 0 bridgehead atoms. The van der Waals surface area contributed by atoms with Crippen molar-refractivity contribution in [3.8, 4) is 0 Å². The Labute approximate surface area is 114 Å². The third-order valence-electron chi connectivity index (χ3n) is 3.59. The lowest BCUT2D eigenvalue weighted by atomic mass is 9.94. The molecule has 19 heavy (non-hydrogen) atoms. The van der Waals surface area contributed by atoms with Crippen LogP contribution in [0.2, 0.25) is 0 Å². The van der Waals surface area contributed by atoms with Crippen molar-refractivity contribution in [2.45, 2.75) is 19.4 Å². The van der Waals surface area contributed by atoms with Gasteiger partial charge in [0.15, 0.2) is 0 Å². The summed E-state index contributed by atoms with van der Waals surface area (Å²) in [5.41, 5.74) is 3.92. The van der Waals surface area contributed by atoms with E-state index in [0.29, 0.717) is 6.04 Å². The van der Waals surface area contributed by atoms with Crippen LogP contribution < -0.4 is 10.6 Å². The van der Waals surface area contributed by atoms with Crippen molar-refractivity contribution in [2.24, 2.45) is 0 Å². The molecule has 2 N–H and O–H groups in total. The van der Waals surface area contributed by atoms with Crippen LogP contribution in [-0.4, -0.2) is 18.1 Å². The van der Waals surface area contributed by atoms with Crippen molar-refractivity contribution in [3.05, 3.63) is 59.3 Å². The van der Waals surface area contributed by atoms with Gasteiger partial charge in [-0.15, -0.1) is 0 Å². The van der Waals surface area contributed by atoms with E-state index in [1.54, 1.807) is 0 Å². The average Bonchev–Trinajstić information content (AvgIpc) is 2.45. The number of rotatable bonds is 3. The van der Waals surface area contributed by atoms with Crippen LogP contribution in [0.3, 0.4) is 0 Å². The van der Waals surface area contributed by atoms with E-state index in [2.05, 4.69) is 39.9 Å². The second-order valence-electron chi connectivity index (χ2n) is 5.00. The summed E-state index contributed by atoms with van der Waals surface area (Å²) in [7, 11) is 0. The lowest BCUT2D eigenvalue weighted by Gasteiger charge is -2.27. The Balaban J connectivity index is 1.71. The zero-order chi connectivity index (χ0) is 13.1. The average molecular weight is 253 g/mol. The van der Waals surface area contributed by atoms with E-state index in [1.165, 1.54) is 11.1 Å². The third-order valence-corrected chi connectivity index (χ3v) is 3.59. The van der Waals surface area contributed by atoms with Gasteiger partial charge in [0.2, 0.25) is 0 Å². The van der Waals surface area contributed by atoms with Crippen molar-refractivity contribution in [3.63, 3.8) is 0 Å². The van der Waals surface area contributed by atoms with Gasteiger partial charge in [-0.2, -0.15) is 0 Å². The molecule has 0 aliphatic carbocycles. The molecule has 1 aromatic carbocycles. The Morgan fingerprint density at radius 2 is 2.11 bits per heavy atom. The minimum atomic E-state index is 0.368. The van der Waals surface area contributed by atoms with Gasteiger partial charge in [-0.25, -0.2) is 4.98 Å². The van der Waals surface area contributed by atoms with Crippen LogP contribution in [-0.2, 0) is 6.42 Å². The highest BCUT2D eigenvalue weighted by Gasteiger charge is 2.18. The number of anilines is 1. The van der Waals surface area contributed by atoms with Crippen molar-refractivity contribution in [1.82, 2.24) is 10.3 Å². The second kappa shape index (κ2) is 5.41. The van der Waals surface area contributed by atoms with Gasteiger partial charge in [0.25, 0.3) is 0 Å². The monoisotopic (exact) mass is 253 g/mol. The number of benzene rings is 1. The van der Waals surface area contributed by atoms with E-state index in [4.69, 9.17) is 0 Å². The summed E-state index contributed by atoms with van der Waals surface area (Å²) in [4.78, 5) is 4.47. The molecule has 3 rings (SSSR count). The zero-order valence-electron chi connectivity index (χ0n) is 11.2. The fourth-order valence-corrected chi connectivity index (χ4v) is 2.62. The molecule has 3 heteroatoms. The highest BCUT2D eigenvalue weighted by Crippen LogP contribution is 2.22. The van der Waals surface area contributed by atoms with Crippen LogP contribution >= 0.6 is 0 Å². The number of fused-ring (bicyclic) bond motifs is 1. The first-order valence-electron chi connectivity index (χ1n) is 6.81. The minimum absolute atomic E-state index is 0.368. The van der Waals surface area contributed by atoms with Gasteiger partial charge in [-0.3, -0.25) is 0 Å². The quantitative estimate of drug-likeness (QED) is 0.883. The van der Waals surface area contributed by atoms with Crippen LogP contribution in [0.1, 0.15) is 22.9 Å². The molecule has 0 radical (unpaired) electrons. The van der Waals surface area contributed by atoms with E-state index in [1.807, 2.05) is 25.1 Å². The van der Waals surface area contributed by atoms with Gasteiger partial charge in [0.05, 0.1) is 0 Å². The number of aromatic nitrogens is 1. The molecule has 2 heterocycles. The molecule has 1 aliphatic rings. The maximum absolute atomic E-state index is 4.47. The van der Waals surface area contributed by atoms with Crippen LogP contribution in [0.15, 0.2) is 42.5 Å². The summed E-state index contributed by atoms with van der Waals surface area (Å²) in [5, 5.41) is 6.99. The topological polar surface area (TPSA) is 37.0 Å². The molecule has 98 valence electrons. The Morgan fingerprint density at radius 3 is 3.00 bits per heavy atom. The van der Waals surface area contributed by atoms with Crippen molar-refractivity contribution < 1.29 is 0 Å². The number of aryl methyl sites for hydroxylation is 1. The molecule has 2 aromatic rings. The third kappa shape index (κ3) is 2.76. The zero-order valence-corrected chi connectivity index (χ0v) is 11.2. The molecule has 1 aliphatic heterocycles. The SMILES string of the molecule is Cc1cccc(NCC2NCCc3ccccc32)n1. The molecule has 1 aromatic heterocycles. The number of hydrogen-bond acceptors (Lipinski definition) is 3. The van der Waals surface area contributed by atoms with Crippen LogP contribution in [0.4, 0.5) is 5.82 Å². The first kappa shape index (κ1) is 12.2. The van der Waals surface area contributed by atoms with Crippen LogP contribution in [0, 0.1) is 6.92 Å². The molecule has 0 fully saturated rings. The minimum Gasteiger partial charge on any atom is -0.368 e. The summed E-state index contributed by atoms with van der Waals surface area (Å²) < 4.78 is 0. The van der Waals surface area contributed by atoms with Gasteiger partial charge in [0.1, 0.15) is 5.82 Å². The number of nitrogens with one attached hydrogen (secondary N) is 2. The Hall–Kier alpha value is -1.87. The van der Waals surface area contributed by atoms with Gasteiger partial charge in [0, 0.05) is 18.3 Å². The standard InChI is InChI=1S/C16H19N3/c1-12-5-4-8-16(19-12)18-11-15-14-7-3-2-6-13(14)9-10-17-15/h2-8,15,17H,9-11H2,1H3,(H,18,19). The first-order valence-corrected chi connectivity index (χ1v) is 6.81. The molecule has 0 saturated carbocycles. The fraction of sp³-hybridized carbons (Fsp3) is 0.312. The number of nitrogens with zero attached hydrogens (tertiary/aromatic N) is 1. The smallest absolute Gasteiger partial charge is 0.126 e.